The molecule has 0 fully saturated rings. The Kier molecular flexibility index (Phi) is 8.78. The Morgan fingerprint density at radius 3 is 2.11 bits per heavy atom. The van der Waals surface area contributed by atoms with Crippen LogP contribution < -0.4 is 14.8 Å². The molecule has 0 aliphatic rings. The number of amides is 1. The first-order valence-corrected chi connectivity index (χ1v) is 10.9. The third-order valence-corrected chi connectivity index (χ3v) is 5.38. The zero-order chi connectivity index (χ0) is 25.2. The van der Waals surface area contributed by atoms with Crippen molar-refractivity contribution in [1.82, 2.24) is 10.3 Å². The molecule has 180 valence electrons. The van der Waals surface area contributed by atoms with Gasteiger partial charge in [-0.15, -0.1) is 0 Å². The zero-order valence-electron chi connectivity index (χ0n) is 20.2. The summed E-state index contributed by atoms with van der Waals surface area (Å²) in [5.41, 5.74) is 3.15. The fourth-order valence-electron chi connectivity index (χ4n) is 3.48. The van der Waals surface area contributed by atoms with E-state index in [-0.39, 0.29) is 17.7 Å². The van der Waals surface area contributed by atoms with Crippen LogP contribution in [0, 0.1) is 0 Å². The van der Waals surface area contributed by atoms with Gasteiger partial charge >= 0.3 is 5.97 Å². The number of aromatic nitrogens is 1. The molecule has 7 nitrogen and oxygen atoms in total. The molecule has 0 atom stereocenters. The lowest BCUT2D eigenvalue weighted by Gasteiger charge is -2.16. The van der Waals surface area contributed by atoms with Gasteiger partial charge in [0, 0.05) is 25.0 Å². The molecule has 35 heavy (non-hydrogen) atoms. The highest BCUT2D eigenvalue weighted by Gasteiger charge is 2.25. The number of carbonyl (C=O) groups excluding carboxylic acids is 2. The monoisotopic (exact) mass is 472 g/mol. The van der Waals surface area contributed by atoms with Crippen LogP contribution in [0.25, 0.3) is 11.6 Å². The first-order chi connectivity index (χ1) is 17.0. The van der Waals surface area contributed by atoms with E-state index in [1.54, 1.807) is 57.8 Å². The highest BCUT2D eigenvalue weighted by molar-refractivity contribution is 6.16. The lowest BCUT2D eigenvalue weighted by molar-refractivity contribution is -0.136. The molecule has 1 amide bonds. The maximum Gasteiger partial charge on any atom is 0.338 e. The van der Waals surface area contributed by atoms with Crippen LogP contribution >= 0.6 is 0 Å². The summed E-state index contributed by atoms with van der Waals surface area (Å²) in [6.07, 6.45) is 4.99. The highest BCUT2D eigenvalue weighted by Crippen LogP contribution is 2.32. The van der Waals surface area contributed by atoms with E-state index in [0.717, 1.165) is 11.1 Å². The molecule has 2 aromatic carbocycles. The lowest BCUT2D eigenvalue weighted by atomic mass is 9.93. The second-order valence-corrected chi connectivity index (χ2v) is 7.60. The van der Waals surface area contributed by atoms with Gasteiger partial charge in [0.15, 0.2) is 0 Å². The standard InChI is InChI=1S/C28H28N2O5/c1-19(22-15-23(33-2)17-24(16-22)34-3)26(28(32)35-4)25(14-20-8-6-5-7-9-20)27(31)30-18-21-10-12-29-13-11-21/h5-17H,18H2,1-4H3,(H,30,31)/b25-14+,26-19+. The van der Waals surface area contributed by atoms with E-state index in [0.29, 0.717) is 22.6 Å². The van der Waals surface area contributed by atoms with Gasteiger partial charge in [-0.25, -0.2) is 4.79 Å². The Morgan fingerprint density at radius 1 is 0.914 bits per heavy atom. The molecule has 0 spiro atoms. The van der Waals surface area contributed by atoms with Crippen LogP contribution in [0.15, 0.2) is 84.2 Å². The molecule has 1 aromatic heterocycles. The molecule has 0 saturated carbocycles. The van der Waals surface area contributed by atoms with E-state index in [9.17, 15) is 9.59 Å². The van der Waals surface area contributed by atoms with Gasteiger partial charge in [0.25, 0.3) is 5.91 Å². The van der Waals surface area contributed by atoms with Crippen molar-refractivity contribution in [2.75, 3.05) is 21.3 Å². The van der Waals surface area contributed by atoms with Crippen molar-refractivity contribution in [1.29, 1.82) is 0 Å². The maximum absolute atomic E-state index is 13.5. The van der Waals surface area contributed by atoms with Gasteiger partial charge < -0.3 is 19.5 Å². The van der Waals surface area contributed by atoms with Crippen molar-refractivity contribution in [2.24, 2.45) is 0 Å². The number of nitrogens with zero attached hydrogens (tertiary/aromatic N) is 1. The van der Waals surface area contributed by atoms with Crippen LogP contribution in [0.2, 0.25) is 0 Å². The normalized spacial score (nSPS) is 11.8. The number of nitrogens with one attached hydrogen (secondary N) is 1. The maximum atomic E-state index is 13.5. The molecule has 0 unspecified atom stereocenters. The first kappa shape index (κ1) is 25.2. The van der Waals surface area contributed by atoms with Crippen molar-refractivity contribution < 1.29 is 23.8 Å². The van der Waals surface area contributed by atoms with Crippen molar-refractivity contribution in [2.45, 2.75) is 13.5 Å². The van der Waals surface area contributed by atoms with Gasteiger partial charge in [0.2, 0.25) is 0 Å². The summed E-state index contributed by atoms with van der Waals surface area (Å²) in [5.74, 6) is 0.0584. The predicted octanol–water partition coefficient (Wildman–Crippen LogP) is 4.45. The van der Waals surface area contributed by atoms with Crippen LogP contribution in [0.5, 0.6) is 11.5 Å². The Bertz CT molecular complexity index is 1210. The number of benzene rings is 2. The van der Waals surface area contributed by atoms with Gasteiger partial charge in [-0.1, -0.05) is 30.3 Å². The molecular formula is C28H28N2O5. The Balaban J connectivity index is 2.15. The Morgan fingerprint density at radius 2 is 1.54 bits per heavy atom. The molecule has 0 radical (unpaired) electrons. The molecule has 3 rings (SSSR count). The van der Waals surface area contributed by atoms with Gasteiger partial charge in [0.1, 0.15) is 11.5 Å². The van der Waals surface area contributed by atoms with Crippen LogP contribution in [-0.2, 0) is 20.9 Å². The fourth-order valence-corrected chi connectivity index (χ4v) is 3.48. The largest absolute Gasteiger partial charge is 0.497 e. The van der Waals surface area contributed by atoms with E-state index in [1.807, 2.05) is 42.5 Å². The Labute approximate surface area is 205 Å². The van der Waals surface area contributed by atoms with E-state index in [4.69, 9.17) is 14.2 Å². The minimum absolute atomic E-state index is 0.138. The average Bonchev–Trinajstić information content (AvgIpc) is 2.91. The molecule has 7 heteroatoms. The number of ether oxygens (including phenoxy) is 3. The highest BCUT2D eigenvalue weighted by atomic mass is 16.5. The van der Waals surface area contributed by atoms with Gasteiger partial charge in [-0.3, -0.25) is 9.78 Å². The third kappa shape index (κ3) is 6.57. The molecule has 0 bridgehead atoms. The number of esters is 1. The van der Waals surface area contributed by atoms with Crippen molar-refractivity contribution >= 4 is 23.5 Å². The van der Waals surface area contributed by atoms with Crippen LogP contribution in [0.3, 0.4) is 0 Å². The molecular weight excluding hydrogens is 444 g/mol. The van der Waals surface area contributed by atoms with E-state index >= 15 is 0 Å². The second-order valence-electron chi connectivity index (χ2n) is 7.60. The van der Waals surface area contributed by atoms with Gasteiger partial charge in [-0.2, -0.15) is 0 Å². The molecule has 0 saturated heterocycles. The van der Waals surface area contributed by atoms with E-state index in [2.05, 4.69) is 10.3 Å². The van der Waals surface area contributed by atoms with Crippen molar-refractivity contribution in [3.05, 3.63) is 101 Å². The topological polar surface area (TPSA) is 86.8 Å². The average molecular weight is 473 g/mol. The molecule has 1 N–H and O–H groups in total. The predicted molar refractivity (Wildman–Crippen MR) is 135 cm³/mol. The molecule has 1 heterocycles. The smallest absolute Gasteiger partial charge is 0.338 e. The minimum atomic E-state index is -0.634. The summed E-state index contributed by atoms with van der Waals surface area (Å²) >= 11 is 0. The van der Waals surface area contributed by atoms with Crippen molar-refractivity contribution in [3.63, 3.8) is 0 Å². The molecule has 0 aliphatic heterocycles. The zero-order valence-corrected chi connectivity index (χ0v) is 20.2. The van der Waals surface area contributed by atoms with Crippen molar-refractivity contribution in [3.8, 4) is 11.5 Å². The van der Waals surface area contributed by atoms with E-state index < -0.39 is 11.9 Å². The molecule has 0 aliphatic carbocycles. The summed E-state index contributed by atoms with van der Waals surface area (Å²) < 4.78 is 15.9. The number of carbonyl (C=O) groups is 2. The first-order valence-electron chi connectivity index (χ1n) is 10.9. The minimum Gasteiger partial charge on any atom is -0.497 e. The summed E-state index contributed by atoms with van der Waals surface area (Å²) in [6.45, 7) is 2.03. The number of pyridine rings is 1. The Hall–Kier alpha value is -4.39. The summed E-state index contributed by atoms with van der Waals surface area (Å²) in [7, 11) is 4.38. The number of rotatable bonds is 9. The van der Waals surface area contributed by atoms with Gasteiger partial charge in [0.05, 0.1) is 32.5 Å². The lowest BCUT2D eigenvalue weighted by Crippen LogP contribution is -2.27. The number of hydrogen-bond acceptors (Lipinski definition) is 6. The summed E-state index contributed by atoms with van der Waals surface area (Å²) in [4.78, 5) is 30.6. The number of allylic oxidation sites excluding steroid dienone is 1. The second kappa shape index (κ2) is 12.2. The SMILES string of the molecule is COC(=O)C(/C(=C\c1ccccc1)C(=O)NCc1ccncc1)=C(\C)c1cc(OC)cc(OC)c1. The number of hydrogen-bond donors (Lipinski definition) is 1. The van der Waals surface area contributed by atoms with Crippen LogP contribution in [0.1, 0.15) is 23.6 Å². The third-order valence-electron chi connectivity index (χ3n) is 5.38. The van der Waals surface area contributed by atoms with E-state index in [1.165, 1.54) is 7.11 Å². The van der Waals surface area contributed by atoms with Crippen LogP contribution in [-0.4, -0.2) is 38.2 Å². The summed E-state index contributed by atoms with van der Waals surface area (Å²) in [6, 6.07) is 18.2. The summed E-state index contributed by atoms with van der Waals surface area (Å²) in [5, 5.41) is 2.90. The quantitative estimate of drug-likeness (QED) is 0.281. The molecule has 3 aromatic rings. The fraction of sp³-hybridized carbons (Fsp3) is 0.179. The van der Waals surface area contributed by atoms with Gasteiger partial charge in [-0.05, 0) is 59.5 Å². The van der Waals surface area contributed by atoms with Crippen LogP contribution in [0.4, 0.5) is 0 Å². The number of methoxy groups -OCH3 is 3.